The summed E-state index contributed by atoms with van der Waals surface area (Å²) in [5.74, 6) is -0.410. The van der Waals surface area contributed by atoms with Gasteiger partial charge in [0.15, 0.2) is 12.3 Å². The van der Waals surface area contributed by atoms with Gasteiger partial charge in [-0.25, -0.2) is 14.6 Å². The van der Waals surface area contributed by atoms with Gasteiger partial charge in [0.2, 0.25) is 11.8 Å². The number of cyclic esters (lactones) is 1. The Labute approximate surface area is 211 Å². The fourth-order valence-electron chi connectivity index (χ4n) is 2.72. The van der Waals surface area contributed by atoms with Crippen LogP contribution in [0.15, 0.2) is 47.1 Å². The van der Waals surface area contributed by atoms with Gasteiger partial charge in [-0.1, -0.05) is 0 Å². The molecular weight excluding hydrogens is 642 g/mol. The van der Waals surface area contributed by atoms with E-state index in [1.54, 1.807) is 37.3 Å². The second kappa shape index (κ2) is 10.9. The van der Waals surface area contributed by atoms with E-state index in [-0.39, 0.29) is 24.1 Å². The summed E-state index contributed by atoms with van der Waals surface area (Å²) in [5.41, 5.74) is 2.15. The van der Waals surface area contributed by atoms with Crippen molar-refractivity contribution in [2.75, 3.05) is 18.5 Å². The molecule has 0 aromatic heterocycles. The molecule has 8 nitrogen and oxygen atoms in total. The van der Waals surface area contributed by atoms with Gasteiger partial charge < -0.3 is 19.5 Å². The zero-order valence-corrected chi connectivity index (χ0v) is 21.4. The highest BCUT2D eigenvalue weighted by Gasteiger charge is 2.24. The number of anilines is 1. The summed E-state index contributed by atoms with van der Waals surface area (Å²) < 4.78 is 17.3. The van der Waals surface area contributed by atoms with Crippen molar-refractivity contribution in [3.8, 4) is 5.75 Å². The van der Waals surface area contributed by atoms with Crippen LogP contribution in [-0.2, 0) is 23.9 Å². The molecule has 0 atom stereocenters. The second-order valence-corrected chi connectivity index (χ2v) is 8.83. The molecule has 0 bridgehead atoms. The third kappa shape index (κ3) is 6.28. The Kier molecular flexibility index (Phi) is 8.23. The number of aliphatic imine (C=N–C) groups is 1. The number of nitrogens with zero attached hydrogens (tertiary/aromatic N) is 1. The van der Waals surface area contributed by atoms with Gasteiger partial charge in [-0.3, -0.25) is 4.79 Å². The quantitative estimate of drug-likeness (QED) is 0.272. The lowest BCUT2D eigenvalue weighted by molar-refractivity contribution is -0.145. The molecular formula is C22H18I2N2O6. The zero-order chi connectivity index (χ0) is 23.3. The topological polar surface area (TPSA) is 103 Å². The molecule has 2 aromatic rings. The fraction of sp³-hybridized carbons (Fsp3) is 0.182. The van der Waals surface area contributed by atoms with Crippen LogP contribution in [0.3, 0.4) is 0 Å². The first-order valence-corrected chi connectivity index (χ1v) is 11.6. The highest BCUT2D eigenvalue weighted by molar-refractivity contribution is 14.1. The Balaban J connectivity index is 1.78. The van der Waals surface area contributed by atoms with E-state index in [1.807, 2.05) is 12.1 Å². The molecule has 0 saturated heterocycles. The molecule has 0 fully saturated rings. The van der Waals surface area contributed by atoms with E-state index in [9.17, 15) is 14.4 Å². The number of halogens is 2. The van der Waals surface area contributed by atoms with Crippen molar-refractivity contribution in [3.05, 3.63) is 60.4 Å². The first kappa shape index (κ1) is 24.2. The Morgan fingerprint density at radius 3 is 2.41 bits per heavy atom. The predicted octanol–water partition coefficient (Wildman–Crippen LogP) is 4.14. The Morgan fingerprint density at radius 2 is 1.81 bits per heavy atom. The number of carbonyl (C=O) groups excluding carboxylic acids is 3. The minimum absolute atomic E-state index is 0.165. The number of esters is 2. The van der Waals surface area contributed by atoms with E-state index in [0.717, 1.165) is 12.7 Å². The molecule has 0 unspecified atom stereocenters. The third-order valence-electron chi connectivity index (χ3n) is 4.04. The van der Waals surface area contributed by atoms with Crippen LogP contribution in [0.25, 0.3) is 6.08 Å². The Morgan fingerprint density at radius 1 is 1.16 bits per heavy atom. The van der Waals surface area contributed by atoms with E-state index in [4.69, 9.17) is 14.2 Å². The van der Waals surface area contributed by atoms with E-state index in [1.165, 1.54) is 6.92 Å². The van der Waals surface area contributed by atoms with Gasteiger partial charge in [-0.2, -0.15) is 0 Å². The molecule has 1 heterocycles. The van der Waals surface area contributed by atoms with Crippen molar-refractivity contribution in [1.82, 2.24) is 0 Å². The van der Waals surface area contributed by atoms with Crippen LogP contribution >= 0.6 is 45.2 Å². The third-order valence-corrected chi connectivity index (χ3v) is 5.64. The molecule has 3 rings (SSSR count). The van der Waals surface area contributed by atoms with Crippen molar-refractivity contribution in [2.24, 2.45) is 4.99 Å². The molecule has 1 N–H and O–H groups in total. The van der Waals surface area contributed by atoms with Gasteiger partial charge >= 0.3 is 11.9 Å². The summed E-state index contributed by atoms with van der Waals surface area (Å²) in [6.45, 7) is 3.27. The van der Waals surface area contributed by atoms with Gasteiger partial charge in [0, 0.05) is 18.2 Å². The predicted molar refractivity (Wildman–Crippen MR) is 135 cm³/mol. The summed E-state index contributed by atoms with van der Waals surface area (Å²) in [7, 11) is 0. The fourth-order valence-corrected chi connectivity index (χ4v) is 4.85. The summed E-state index contributed by atoms with van der Waals surface area (Å²) in [5, 5.41) is 2.67. The number of nitrogens with one attached hydrogen (secondary N) is 1. The van der Waals surface area contributed by atoms with Crippen LogP contribution in [0.4, 0.5) is 5.69 Å². The minimum Gasteiger partial charge on any atom is -0.480 e. The maximum atomic E-state index is 12.3. The van der Waals surface area contributed by atoms with Gasteiger partial charge in [0.1, 0.15) is 5.75 Å². The average molecular weight is 660 g/mol. The van der Waals surface area contributed by atoms with Crippen LogP contribution in [0.2, 0.25) is 0 Å². The standard InChI is InChI=1S/C22H18I2N2O6/c1-3-30-19(28)11-31-20-16(23)8-13(9-17(20)24)10-18-22(29)32-21(26-18)14-4-6-15(7-5-14)25-12(2)27/h4-10H,3,11H2,1-2H3,(H,25,27)/b18-10-. The molecule has 1 aliphatic heterocycles. The van der Waals surface area contributed by atoms with E-state index >= 15 is 0 Å². The molecule has 0 aliphatic carbocycles. The maximum Gasteiger partial charge on any atom is 0.363 e. The number of ether oxygens (including phenoxy) is 3. The molecule has 2 aromatic carbocycles. The molecule has 0 radical (unpaired) electrons. The number of rotatable bonds is 7. The largest absolute Gasteiger partial charge is 0.480 e. The number of carbonyl (C=O) groups is 3. The van der Waals surface area contributed by atoms with Crippen LogP contribution < -0.4 is 10.1 Å². The molecule has 1 aliphatic rings. The number of benzene rings is 2. The van der Waals surface area contributed by atoms with Crippen LogP contribution in [0.1, 0.15) is 25.0 Å². The molecule has 1 amide bonds. The summed E-state index contributed by atoms with van der Waals surface area (Å²) in [4.78, 5) is 39.3. The highest BCUT2D eigenvalue weighted by atomic mass is 127. The lowest BCUT2D eigenvalue weighted by Gasteiger charge is -2.11. The second-order valence-electron chi connectivity index (χ2n) is 6.50. The number of hydrogen-bond donors (Lipinski definition) is 1. The van der Waals surface area contributed by atoms with E-state index in [2.05, 4.69) is 55.5 Å². The minimum atomic E-state index is -0.557. The Bertz CT molecular complexity index is 1100. The highest BCUT2D eigenvalue weighted by Crippen LogP contribution is 2.30. The molecule has 0 spiro atoms. The van der Waals surface area contributed by atoms with Crippen molar-refractivity contribution < 1.29 is 28.6 Å². The zero-order valence-electron chi connectivity index (χ0n) is 17.1. The number of amides is 1. The van der Waals surface area contributed by atoms with Crippen molar-refractivity contribution in [1.29, 1.82) is 0 Å². The van der Waals surface area contributed by atoms with Crippen LogP contribution in [-0.4, -0.2) is 37.0 Å². The molecule has 32 heavy (non-hydrogen) atoms. The average Bonchev–Trinajstić information content (AvgIpc) is 3.08. The van der Waals surface area contributed by atoms with Crippen molar-refractivity contribution in [3.63, 3.8) is 0 Å². The smallest absolute Gasteiger partial charge is 0.363 e. The first-order valence-electron chi connectivity index (χ1n) is 9.45. The monoisotopic (exact) mass is 660 g/mol. The van der Waals surface area contributed by atoms with Crippen molar-refractivity contribution >= 4 is 80.7 Å². The lowest BCUT2D eigenvalue weighted by Crippen LogP contribution is -2.15. The summed E-state index contributed by atoms with van der Waals surface area (Å²) >= 11 is 4.21. The van der Waals surface area contributed by atoms with E-state index in [0.29, 0.717) is 23.6 Å². The lowest BCUT2D eigenvalue weighted by atomic mass is 10.2. The van der Waals surface area contributed by atoms with E-state index < -0.39 is 11.9 Å². The number of hydrogen-bond acceptors (Lipinski definition) is 7. The maximum absolute atomic E-state index is 12.3. The molecule has 0 saturated carbocycles. The summed E-state index contributed by atoms with van der Waals surface area (Å²) in [6.07, 6.45) is 1.63. The van der Waals surface area contributed by atoms with Crippen LogP contribution in [0, 0.1) is 7.14 Å². The molecule has 10 heteroatoms. The van der Waals surface area contributed by atoms with Crippen LogP contribution in [0.5, 0.6) is 5.75 Å². The van der Waals surface area contributed by atoms with Crippen molar-refractivity contribution in [2.45, 2.75) is 13.8 Å². The van der Waals surface area contributed by atoms with Gasteiger partial charge in [-0.15, -0.1) is 0 Å². The normalized spacial score (nSPS) is 14.1. The molecule has 166 valence electrons. The first-order chi connectivity index (χ1) is 15.3. The van der Waals surface area contributed by atoms with Gasteiger partial charge in [-0.05, 0) is 100 Å². The van der Waals surface area contributed by atoms with Gasteiger partial charge in [0.25, 0.3) is 0 Å². The SMILES string of the molecule is CCOC(=O)COc1c(I)cc(/C=C2\N=C(c3ccc(NC(C)=O)cc3)OC2=O)cc1I. The Hall–Kier alpha value is -2.48. The summed E-state index contributed by atoms with van der Waals surface area (Å²) in [6, 6.07) is 10.5. The van der Waals surface area contributed by atoms with Gasteiger partial charge in [0.05, 0.1) is 13.7 Å².